The molecule has 0 atom stereocenters. The predicted molar refractivity (Wildman–Crippen MR) is 377 cm³/mol. The topological polar surface area (TPSA) is 228 Å². The zero-order valence-electron chi connectivity index (χ0n) is 65.2. The molecule has 11 nitrogen and oxygen atoms in total. The Kier molecular flexibility index (Phi) is 762. The molecule has 702 valence electrons. The van der Waals surface area contributed by atoms with Crippen LogP contribution >= 0.6 is 0 Å². The summed E-state index contributed by atoms with van der Waals surface area (Å²) in [6.07, 6.45) is 4.95. The fourth-order valence-corrected chi connectivity index (χ4v) is 5.69. The maximum absolute atomic E-state index is 12.1. The minimum absolute atomic E-state index is 0. The average molecular weight is 2960 g/mol. The smallest absolute Gasteiger partial charge is 0.358 e. The van der Waals surface area contributed by atoms with Gasteiger partial charge < -0.3 is 54.1 Å². The van der Waals surface area contributed by atoms with Crippen molar-refractivity contribution in [3.8, 4) is 36.4 Å². The van der Waals surface area contributed by atoms with E-state index in [0.29, 0.717) is 55.7 Å². The summed E-state index contributed by atoms with van der Waals surface area (Å²) in [7, 11) is 0. The summed E-state index contributed by atoms with van der Waals surface area (Å²) in [5.41, 5.74) is 6.12. The summed E-state index contributed by atoms with van der Waals surface area (Å²) in [5, 5.41) is 53.3. The van der Waals surface area contributed by atoms with Crippen molar-refractivity contribution in [3.05, 3.63) is 191 Å². The third-order valence-corrected chi connectivity index (χ3v) is 7.85. The van der Waals surface area contributed by atoms with Gasteiger partial charge in [-0.15, -0.1) is 0 Å². The van der Waals surface area contributed by atoms with Gasteiger partial charge in [-0.1, -0.05) is 247 Å². The second-order valence-corrected chi connectivity index (χ2v) is 10.8. The molecule has 0 heterocycles. The first-order valence-corrected chi connectivity index (χ1v) is 25.3. The number of fused-ring (bicyclic) bond motifs is 3. The molecule has 0 saturated heterocycles. The van der Waals surface area contributed by atoms with Crippen molar-refractivity contribution < 1.29 is 1140 Å². The Morgan fingerprint density at radius 3 is 0.561 bits per heavy atom. The normalized spacial score (nSPS) is 6.98. The Labute approximate surface area is 1590 Å². The molecular weight excluding hydrogens is 2830 g/mol. The van der Waals surface area contributed by atoms with E-state index in [9.17, 15) is 14.4 Å². The molecule has 41 heteroatoms. The first-order chi connectivity index (χ1) is 35.6. The van der Waals surface area contributed by atoms with E-state index in [1.807, 2.05) is 161 Å². The molecule has 114 heavy (non-hydrogen) atoms. The molecule has 0 N–H and O–H groups in total. The van der Waals surface area contributed by atoms with Crippen LogP contribution in [0.1, 0.15) is 244 Å². The van der Waals surface area contributed by atoms with Crippen LogP contribution in [0, 0.1) is 1220 Å². The van der Waals surface area contributed by atoms with Gasteiger partial charge in [-0.2, -0.15) is 31.6 Å². The van der Waals surface area contributed by atoms with Crippen molar-refractivity contribution in [2.45, 2.75) is 196 Å². The van der Waals surface area contributed by atoms with Crippen LogP contribution in [0.15, 0.2) is 113 Å². The standard InChI is InChI=1S/2C14H8N2O.C12H6N2O.2C2H4O.9C2H6.5CH4.6CH3.27Ar.3U/c2*1-2-10-13(9(7-15)8-16)11-5-3-4-6-12(11)14(10)17;13-6-8(7-14)11-5-12(15)10-4-2-1-3-9(10)11;2*1-2-3;9*1-2;;;;;;;;;;;;;;;;;;;;;;;;;;;;;;;;;;;;;;;;;/h2*2-6H,1H3;1-4H,5H2;2*2H,1H3;9*1-2H3;5*1H4;6*1H3;;;;;;;;;;;;;;;;;;;;;;;;;;;;;;/q;;;;;;;;;;;;;;;;;;;6*-1;;;;;;;;;;;;;;;;;;;;;;;;;;;;3*+2/b2*10-2-;;;;;;;;;;;;;;;;;;;;;;;;;;;;;;;;;;;;;;;;;;;;;;;;;;;;;. The van der Waals surface area contributed by atoms with Gasteiger partial charge in [0.25, 0.3) is 0 Å². The maximum Gasteiger partial charge on any atom is 2.00 e. The zero-order chi connectivity index (χ0) is 59.1. The number of carbonyl (C=O) groups excluding carboxylic acids is 5. The van der Waals surface area contributed by atoms with E-state index < -0.39 is 0 Å². The summed E-state index contributed by atoms with van der Waals surface area (Å²) < 4.78 is 0. The van der Waals surface area contributed by atoms with Gasteiger partial charge in [-0.25, -0.2) is 0 Å². The van der Waals surface area contributed by atoms with Gasteiger partial charge in [0.15, 0.2) is 17.3 Å². The van der Waals surface area contributed by atoms with Crippen LogP contribution in [0.25, 0.3) is 16.7 Å². The average Bonchev–Trinajstić information content (AvgIpc) is 4.07. The van der Waals surface area contributed by atoms with Crippen LogP contribution in [-0.2, 0) is 9.59 Å². The van der Waals surface area contributed by atoms with Gasteiger partial charge in [0, 0.05) is 1060 Å². The van der Waals surface area contributed by atoms with Gasteiger partial charge in [0.2, 0.25) is 0 Å². The van der Waals surface area contributed by atoms with Gasteiger partial charge >= 0.3 is 93.3 Å². The number of aldehydes is 2. The molecule has 3 aromatic carbocycles. The number of ketones is 3. The zero-order valence-corrected chi connectivity index (χ0v) is 96.8. The Morgan fingerprint density at radius 2 is 0.412 bits per heavy atom. The molecule has 0 radical (unpaired) electrons. The van der Waals surface area contributed by atoms with Crippen molar-refractivity contribution in [3.63, 3.8) is 0 Å². The van der Waals surface area contributed by atoms with E-state index in [1.54, 1.807) is 98.8 Å². The number of hydrogen-bond acceptors (Lipinski definition) is 11. The third-order valence-electron chi connectivity index (χ3n) is 7.85. The molecule has 0 spiro atoms. The number of hydrogen-bond donors (Lipinski definition) is 0. The number of Topliss-reactive ketones (excluding diaryl/α,β-unsaturated/α-hetero) is 3. The molecule has 0 aliphatic heterocycles. The van der Waals surface area contributed by atoms with Crippen molar-refractivity contribution in [2.75, 3.05) is 0 Å². The molecule has 0 aromatic heterocycles. The van der Waals surface area contributed by atoms with Gasteiger partial charge in [0.1, 0.15) is 65.7 Å². The number of benzene rings is 3. The molecule has 0 fully saturated rings. The monoisotopic (exact) mass is 2960 g/mol. The van der Waals surface area contributed by atoms with Crippen LogP contribution in [0.3, 0.4) is 0 Å². The van der Waals surface area contributed by atoms with Gasteiger partial charge in [-0.3, -0.25) is 14.4 Å². The van der Waals surface area contributed by atoms with Crippen LogP contribution in [0.2, 0.25) is 0 Å². The summed E-state index contributed by atoms with van der Waals surface area (Å²) in [5.74, 6) is -0.272. The van der Waals surface area contributed by atoms with Crippen LogP contribution in [-0.4, -0.2) is 29.9 Å². The van der Waals surface area contributed by atoms with Crippen LogP contribution in [0.5, 0.6) is 0 Å². The summed E-state index contributed by atoms with van der Waals surface area (Å²) in [6, 6.07) is 32.1. The molecular formula is C73H122Ar27N6O5U3. The van der Waals surface area contributed by atoms with Crippen molar-refractivity contribution in [1.29, 1.82) is 31.6 Å². The fraction of sp³-hybridized carbons (Fsp3) is 0.384. The van der Waals surface area contributed by atoms with E-state index in [0.717, 1.165) is 18.1 Å². The van der Waals surface area contributed by atoms with E-state index in [-0.39, 0.29) is 1230 Å². The quantitative estimate of drug-likeness (QED) is 0.0889. The molecule has 0 bridgehead atoms. The second-order valence-electron chi connectivity index (χ2n) is 10.8. The van der Waals surface area contributed by atoms with E-state index in [2.05, 4.69) is 0 Å². The molecule has 3 aliphatic rings. The van der Waals surface area contributed by atoms with Crippen molar-refractivity contribution in [2.24, 2.45) is 0 Å². The third kappa shape index (κ3) is 154. The van der Waals surface area contributed by atoms with Gasteiger partial charge in [-0.05, 0) is 50.0 Å². The largest absolute Gasteiger partial charge is 2.00 e. The summed E-state index contributed by atoms with van der Waals surface area (Å²) in [4.78, 5) is 53.3. The fourth-order valence-electron chi connectivity index (χ4n) is 5.69. The van der Waals surface area contributed by atoms with Gasteiger partial charge in [0.05, 0.1) is 0 Å². The van der Waals surface area contributed by atoms with Crippen LogP contribution in [0.4, 0.5) is 0 Å². The second kappa shape index (κ2) is 266. The first kappa shape index (κ1) is 326. The molecule has 6 rings (SSSR count). The molecule has 3 aliphatic carbocycles. The minimum atomic E-state index is -0.124. The maximum atomic E-state index is 12.1. The Balaban J connectivity index is -0.00000000898. The minimum Gasteiger partial charge on any atom is -0.358 e. The summed E-state index contributed by atoms with van der Waals surface area (Å²) in [6.45, 7) is 42.3. The van der Waals surface area contributed by atoms with E-state index in [1.165, 1.54) is 13.8 Å². The Bertz CT molecular complexity index is 2450. The predicted octanol–water partition coefficient (Wildman–Crippen LogP) is 22.9. The number of nitriles is 6. The van der Waals surface area contributed by atoms with E-state index in [4.69, 9.17) is 41.2 Å². The Morgan fingerprint density at radius 1 is 0.272 bits per heavy atom. The van der Waals surface area contributed by atoms with E-state index >= 15 is 0 Å². The van der Waals surface area contributed by atoms with Crippen molar-refractivity contribution in [1.82, 2.24) is 0 Å². The number of carbonyl (C=O) groups is 5. The Hall–Kier alpha value is 28.8. The number of rotatable bonds is 0. The molecule has 0 unspecified atom stereocenters. The number of allylic oxidation sites excluding steroid dienone is 10. The first-order valence-electron chi connectivity index (χ1n) is 25.3. The molecule has 0 amide bonds. The summed E-state index contributed by atoms with van der Waals surface area (Å²) >= 11 is 0. The molecule has 0 saturated carbocycles. The number of nitrogens with zero attached hydrogens (tertiary/aromatic N) is 6. The van der Waals surface area contributed by atoms with Crippen LogP contribution < -0.4 is 0 Å². The van der Waals surface area contributed by atoms with Crippen molar-refractivity contribution >= 4 is 46.6 Å². The molecule has 3 aromatic rings. The SMILES string of the molecule is C.C.C.C.C.C/C=C1\C(=O)c2ccccc2C1=C(C#N)C#N.C/C=C1\C(=O)c2ccccc2C1=C(C#N)C#N.CC.CC.CC.CC.CC.CC.CC.CC.CC.CC=O.CC=O.N#CC(C#N)=C1CC(=O)c2ccccc21.[Ar].[Ar].[Ar].[Ar].[Ar].[Ar].[Ar].[Ar].[Ar].[Ar].[Ar].[Ar].[Ar].[Ar].[Ar].[Ar].[Ar].[Ar].[Ar].[Ar].[Ar].[Ar].[Ar].[Ar].[Ar].[Ar].[Ar].[CH3-].[CH3-].[CH3-].[CH3-].[CH3-].[CH3-].[U+2].[U+2].[U+2].